The number of amides is 6. The topological polar surface area (TPSA) is 277 Å². The Labute approximate surface area is 318 Å². The van der Waals surface area contributed by atoms with Gasteiger partial charge in [0.05, 0.1) is 25.3 Å². The van der Waals surface area contributed by atoms with E-state index in [1.807, 2.05) is 0 Å². The highest BCUT2D eigenvalue weighted by atomic mass is 16.5. The number of hydrogen-bond donors (Lipinski definition) is 9. The summed E-state index contributed by atoms with van der Waals surface area (Å²) >= 11 is 0. The van der Waals surface area contributed by atoms with Gasteiger partial charge in [-0.1, -0.05) is 55.4 Å². The van der Waals surface area contributed by atoms with E-state index < -0.39 is 107 Å². The zero-order valence-electron chi connectivity index (χ0n) is 33.4. The van der Waals surface area contributed by atoms with Crippen LogP contribution in [0.5, 0.6) is 0 Å². The van der Waals surface area contributed by atoms with E-state index in [1.165, 1.54) is 13.8 Å². The van der Waals surface area contributed by atoms with Gasteiger partial charge >= 0.3 is 0 Å². The fraction of sp³-hybridized carbons (Fsp3) is 0.806. The van der Waals surface area contributed by atoms with E-state index in [0.717, 1.165) is 0 Å². The highest BCUT2D eigenvalue weighted by Gasteiger charge is 2.38. The normalized spacial score (nSPS) is 27.3. The molecule has 1 rings (SSSR count). The third kappa shape index (κ3) is 15.6. The largest absolute Gasteiger partial charge is 0.388 e. The molecule has 1 aliphatic rings. The molecule has 8 atom stereocenters. The van der Waals surface area contributed by atoms with E-state index in [-0.39, 0.29) is 45.2 Å². The van der Waals surface area contributed by atoms with Crippen molar-refractivity contribution in [3.8, 4) is 0 Å². The molecule has 1 aliphatic heterocycles. The molecule has 0 aliphatic carbocycles. The fourth-order valence-corrected chi connectivity index (χ4v) is 5.19. The van der Waals surface area contributed by atoms with Crippen LogP contribution >= 0.6 is 0 Å². The number of aldehydes is 1. The van der Waals surface area contributed by atoms with Crippen molar-refractivity contribution in [1.82, 2.24) is 31.9 Å². The molecule has 1 heterocycles. The van der Waals surface area contributed by atoms with Crippen LogP contribution in [0.3, 0.4) is 0 Å². The molecule has 0 saturated carbocycles. The fourth-order valence-electron chi connectivity index (χ4n) is 5.19. The number of hydrogen-bond acceptors (Lipinski definition) is 12. The number of aliphatic hydroxyl groups is 2. The Morgan fingerprint density at radius 1 is 0.778 bits per heavy atom. The molecular weight excluding hydrogens is 706 g/mol. The van der Waals surface area contributed by atoms with Gasteiger partial charge < -0.3 is 62.1 Å². The number of carbonyl (C=O) groups is 7. The quantitative estimate of drug-likeness (QED) is 0.115. The summed E-state index contributed by atoms with van der Waals surface area (Å²) in [5.41, 5.74) is 4.34. The van der Waals surface area contributed by atoms with Gasteiger partial charge in [-0.25, -0.2) is 0 Å². The van der Waals surface area contributed by atoms with Gasteiger partial charge in [-0.3, -0.25) is 28.8 Å². The van der Waals surface area contributed by atoms with E-state index in [2.05, 4.69) is 31.9 Å². The number of ether oxygens (including phenoxy) is 2. The van der Waals surface area contributed by atoms with Gasteiger partial charge in [-0.2, -0.15) is 0 Å². The number of aliphatic hydroxyl groups excluding tert-OH is 2. The molecule has 0 aromatic heterocycles. The average molecular weight is 772 g/mol. The van der Waals surface area contributed by atoms with Crippen LogP contribution in [0.25, 0.3) is 0 Å². The average Bonchev–Trinajstić information content (AvgIpc) is 3.08. The van der Waals surface area contributed by atoms with Crippen LogP contribution in [-0.4, -0.2) is 132 Å². The Bertz CT molecular complexity index is 1280. The van der Waals surface area contributed by atoms with Crippen LogP contribution in [0.2, 0.25) is 0 Å². The molecule has 18 heteroatoms. The summed E-state index contributed by atoms with van der Waals surface area (Å²) in [7, 11) is 0. The van der Waals surface area contributed by atoms with E-state index in [0.29, 0.717) is 6.29 Å². The standard InChI is InChI=1S/C36H65N7O11/c1-18(2)26(37)31(48)40-28(20(5)6)33(50)39-23-12-14-54-17-25(46)24(45)16-53-13-11-22(15-44)38-32(49)27(19(3)4)41-34(51)29(21(7)8)42-35(52)36(9,10)43-30(23)47/h15,18-29,45-46H,11-14,16-17,37H2,1-10H3,(H,38,49)(H,39,50)(H,40,48)(H,41,51)(H,42,52)(H,43,47)/t22-,23-,24+,25-,26-,27-,28-,29-/m0/s1. The maximum atomic E-state index is 13.8. The molecule has 10 N–H and O–H groups in total. The molecule has 0 radical (unpaired) electrons. The predicted molar refractivity (Wildman–Crippen MR) is 198 cm³/mol. The van der Waals surface area contributed by atoms with E-state index in [4.69, 9.17) is 15.2 Å². The van der Waals surface area contributed by atoms with Crippen molar-refractivity contribution in [2.75, 3.05) is 26.4 Å². The Morgan fingerprint density at radius 2 is 1.28 bits per heavy atom. The molecular formula is C36H65N7O11. The summed E-state index contributed by atoms with van der Waals surface area (Å²) in [5.74, 6) is -5.61. The molecule has 1 saturated heterocycles. The molecule has 6 amide bonds. The first-order chi connectivity index (χ1) is 25.0. The van der Waals surface area contributed by atoms with E-state index >= 15 is 0 Å². The lowest BCUT2D eigenvalue weighted by Gasteiger charge is -2.32. The molecule has 0 bridgehead atoms. The van der Waals surface area contributed by atoms with Gasteiger partial charge in [-0.15, -0.1) is 0 Å². The number of carbonyl (C=O) groups excluding carboxylic acids is 7. The Hall–Kier alpha value is -3.71. The third-order valence-electron chi connectivity index (χ3n) is 9.02. The zero-order chi connectivity index (χ0) is 41.5. The van der Waals surface area contributed by atoms with Crippen LogP contribution in [0, 0.1) is 23.7 Å². The van der Waals surface area contributed by atoms with Gasteiger partial charge in [0, 0.05) is 13.2 Å². The first kappa shape index (κ1) is 48.3. The second kappa shape index (κ2) is 22.6. The third-order valence-corrected chi connectivity index (χ3v) is 9.02. The molecule has 0 unspecified atom stereocenters. The van der Waals surface area contributed by atoms with Gasteiger partial charge in [0.1, 0.15) is 48.2 Å². The minimum absolute atomic E-state index is 0.0348. The van der Waals surface area contributed by atoms with E-state index in [1.54, 1.807) is 55.4 Å². The molecule has 0 spiro atoms. The summed E-state index contributed by atoms with van der Waals surface area (Å²) in [6.07, 6.45) is -2.40. The second-order valence-corrected chi connectivity index (χ2v) is 15.7. The number of nitrogens with one attached hydrogen (secondary N) is 6. The van der Waals surface area contributed by atoms with Crippen molar-refractivity contribution in [2.45, 2.75) is 136 Å². The molecule has 1 fully saturated rings. The SMILES string of the molecule is CC(C)[C@H](N)C(=O)N[C@H](C(=O)N[C@H]1CCOC[C@H](O)[C@H](O)COCC[C@@H](C=O)NC(=O)[C@H](C(C)C)NC(=O)[C@H](C(C)C)NC(=O)C(C)(C)NC1=O)C(C)C. The van der Waals surface area contributed by atoms with Crippen LogP contribution in [-0.2, 0) is 43.0 Å². The van der Waals surface area contributed by atoms with Gasteiger partial charge in [0.25, 0.3) is 0 Å². The lowest BCUT2D eigenvalue weighted by Crippen LogP contribution is -2.64. The summed E-state index contributed by atoms with van der Waals surface area (Å²) in [4.78, 5) is 92.3. The minimum Gasteiger partial charge on any atom is -0.388 e. The Morgan fingerprint density at radius 3 is 1.76 bits per heavy atom. The summed E-state index contributed by atoms with van der Waals surface area (Å²) in [6.45, 7) is 15.5. The summed E-state index contributed by atoms with van der Waals surface area (Å²) < 4.78 is 11.0. The smallest absolute Gasteiger partial charge is 0.245 e. The van der Waals surface area contributed by atoms with Gasteiger partial charge in [0.15, 0.2) is 0 Å². The number of nitrogens with two attached hydrogens (primary N) is 1. The number of rotatable bonds is 9. The Kier molecular flexibility index (Phi) is 20.2. The lowest BCUT2D eigenvalue weighted by molar-refractivity contribution is -0.138. The highest BCUT2D eigenvalue weighted by Crippen LogP contribution is 2.12. The minimum atomic E-state index is -1.65. The highest BCUT2D eigenvalue weighted by molar-refractivity contribution is 5.98. The van der Waals surface area contributed by atoms with Crippen LogP contribution in [0.4, 0.5) is 0 Å². The van der Waals surface area contributed by atoms with Crippen molar-refractivity contribution in [3.63, 3.8) is 0 Å². The van der Waals surface area contributed by atoms with Crippen LogP contribution in [0.15, 0.2) is 0 Å². The van der Waals surface area contributed by atoms with Crippen LogP contribution in [0.1, 0.15) is 82.1 Å². The maximum absolute atomic E-state index is 13.8. The summed E-state index contributed by atoms with van der Waals surface area (Å²) in [6, 6.07) is -6.49. The maximum Gasteiger partial charge on any atom is 0.245 e. The zero-order valence-corrected chi connectivity index (χ0v) is 33.4. The van der Waals surface area contributed by atoms with Crippen molar-refractivity contribution in [3.05, 3.63) is 0 Å². The van der Waals surface area contributed by atoms with Crippen molar-refractivity contribution < 1.29 is 53.2 Å². The molecule has 0 aromatic carbocycles. The van der Waals surface area contributed by atoms with Crippen molar-refractivity contribution in [2.24, 2.45) is 29.4 Å². The lowest BCUT2D eigenvalue weighted by atomic mass is 9.97. The monoisotopic (exact) mass is 771 g/mol. The predicted octanol–water partition coefficient (Wildman–Crippen LogP) is -2.00. The van der Waals surface area contributed by atoms with Crippen molar-refractivity contribution in [1.29, 1.82) is 0 Å². The molecule has 310 valence electrons. The Balaban J connectivity index is 3.45. The van der Waals surface area contributed by atoms with Crippen LogP contribution < -0.4 is 37.6 Å². The summed E-state index contributed by atoms with van der Waals surface area (Å²) in [5, 5.41) is 36.6. The first-order valence-corrected chi connectivity index (χ1v) is 18.6. The molecule has 54 heavy (non-hydrogen) atoms. The molecule has 0 aromatic rings. The van der Waals surface area contributed by atoms with Gasteiger partial charge in [0.2, 0.25) is 35.4 Å². The molecule has 18 nitrogen and oxygen atoms in total. The first-order valence-electron chi connectivity index (χ1n) is 18.6. The van der Waals surface area contributed by atoms with Gasteiger partial charge in [-0.05, 0) is 50.4 Å². The van der Waals surface area contributed by atoms with E-state index in [9.17, 15) is 43.8 Å². The van der Waals surface area contributed by atoms with Crippen molar-refractivity contribution >= 4 is 41.7 Å². The second-order valence-electron chi connectivity index (χ2n) is 15.7.